The Kier molecular flexibility index (Phi) is 6.67. The van der Waals surface area contributed by atoms with Crippen molar-refractivity contribution in [3.05, 3.63) is 0 Å². The Balaban J connectivity index is 2.08. The standard InChI is InChI=1S/C12H23N3O3/c1-10-8-15(7-6-13-10)9-11(16)14-5-3-4-12(17)18-2/h10,13H,3-9H2,1-2H3,(H,14,16)/t10-/m0/s1. The zero-order valence-electron chi connectivity index (χ0n) is 11.2. The molecule has 6 heteroatoms. The highest BCUT2D eigenvalue weighted by molar-refractivity contribution is 5.78. The fraction of sp³-hybridized carbons (Fsp3) is 0.833. The summed E-state index contributed by atoms with van der Waals surface area (Å²) in [6.45, 7) is 5.80. The van der Waals surface area contributed by atoms with Gasteiger partial charge < -0.3 is 15.4 Å². The molecule has 1 atom stereocenters. The van der Waals surface area contributed by atoms with Gasteiger partial charge in [0, 0.05) is 38.6 Å². The minimum atomic E-state index is -0.236. The molecule has 0 spiro atoms. The number of carbonyl (C=O) groups is 2. The predicted octanol–water partition coefficient (Wildman–Crippen LogP) is -0.650. The molecule has 0 saturated carbocycles. The lowest BCUT2D eigenvalue weighted by atomic mass is 10.2. The fourth-order valence-corrected chi connectivity index (χ4v) is 1.98. The topological polar surface area (TPSA) is 70.7 Å². The van der Waals surface area contributed by atoms with E-state index in [4.69, 9.17) is 0 Å². The van der Waals surface area contributed by atoms with Gasteiger partial charge >= 0.3 is 5.97 Å². The van der Waals surface area contributed by atoms with Crippen molar-refractivity contribution in [2.75, 3.05) is 39.8 Å². The van der Waals surface area contributed by atoms with Gasteiger partial charge in [-0.1, -0.05) is 0 Å². The maximum atomic E-state index is 11.6. The van der Waals surface area contributed by atoms with E-state index in [0.29, 0.717) is 32.0 Å². The van der Waals surface area contributed by atoms with E-state index >= 15 is 0 Å². The van der Waals surface area contributed by atoms with Crippen molar-refractivity contribution >= 4 is 11.9 Å². The number of hydrogen-bond acceptors (Lipinski definition) is 5. The summed E-state index contributed by atoms with van der Waals surface area (Å²) < 4.78 is 4.52. The molecule has 0 aromatic heterocycles. The first-order valence-electron chi connectivity index (χ1n) is 6.41. The summed E-state index contributed by atoms with van der Waals surface area (Å²) in [6, 6.07) is 0.436. The minimum absolute atomic E-state index is 0.0222. The average molecular weight is 257 g/mol. The lowest BCUT2D eigenvalue weighted by molar-refractivity contribution is -0.140. The maximum Gasteiger partial charge on any atom is 0.305 e. The molecule has 1 heterocycles. The summed E-state index contributed by atoms with van der Waals surface area (Å²) in [5.41, 5.74) is 0. The highest BCUT2D eigenvalue weighted by Gasteiger charge is 2.17. The second-order valence-corrected chi connectivity index (χ2v) is 4.62. The number of amides is 1. The van der Waals surface area contributed by atoms with E-state index < -0.39 is 0 Å². The van der Waals surface area contributed by atoms with E-state index in [-0.39, 0.29) is 11.9 Å². The molecule has 18 heavy (non-hydrogen) atoms. The van der Waals surface area contributed by atoms with Crippen molar-refractivity contribution in [1.29, 1.82) is 0 Å². The van der Waals surface area contributed by atoms with Crippen LogP contribution in [0.2, 0.25) is 0 Å². The van der Waals surface area contributed by atoms with E-state index in [1.165, 1.54) is 7.11 Å². The van der Waals surface area contributed by atoms with Crippen LogP contribution >= 0.6 is 0 Å². The van der Waals surface area contributed by atoms with E-state index in [1.807, 2.05) is 0 Å². The second-order valence-electron chi connectivity index (χ2n) is 4.62. The average Bonchev–Trinajstić information content (AvgIpc) is 2.34. The van der Waals surface area contributed by atoms with Gasteiger partial charge in [0.15, 0.2) is 0 Å². The largest absolute Gasteiger partial charge is 0.469 e. The van der Waals surface area contributed by atoms with Crippen molar-refractivity contribution in [1.82, 2.24) is 15.5 Å². The van der Waals surface area contributed by atoms with Crippen LogP contribution in [-0.2, 0) is 14.3 Å². The minimum Gasteiger partial charge on any atom is -0.469 e. The smallest absolute Gasteiger partial charge is 0.305 e. The summed E-state index contributed by atoms with van der Waals surface area (Å²) in [7, 11) is 1.37. The Morgan fingerprint density at radius 3 is 2.94 bits per heavy atom. The molecule has 1 rings (SSSR count). The van der Waals surface area contributed by atoms with Crippen LogP contribution in [0.25, 0.3) is 0 Å². The first-order chi connectivity index (χ1) is 8.61. The summed E-state index contributed by atoms with van der Waals surface area (Å²) in [5, 5.41) is 6.15. The number of rotatable bonds is 6. The Labute approximate surface area is 108 Å². The second kappa shape index (κ2) is 8.05. The van der Waals surface area contributed by atoms with Crippen LogP contribution in [0.4, 0.5) is 0 Å². The highest BCUT2D eigenvalue weighted by Crippen LogP contribution is 1.97. The lowest BCUT2D eigenvalue weighted by Crippen LogP contribution is -2.51. The molecule has 1 amide bonds. The first kappa shape index (κ1) is 14.9. The van der Waals surface area contributed by atoms with Gasteiger partial charge in [0.25, 0.3) is 0 Å². The van der Waals surface area contributed by atoms with Gasteiger partial charge in [-0.25, -0.2) is 0 Å². The van der Waals surface area contributed by atoms with Crippen LogP contribution in [-0.4, -0.2) is 62.7 Å². The lowest BCUT2D eigenvalue weighted by Gasteiger charge is -2.31. The van der Waals surface area contributed by atoms with Crippen LogP contribution in [0.1, 0.15) is 19.8 Å². The Hall–Kier alpha value is -1.14. The van der Waals surface area contributed by atoms with Gasteiger partial charge in [0.2, 0.25) is 5.91 Å². The molecule has 6 nitrogen and oxygen atoms in total. The van der Waals surface area contributed by atoms with Crippen LogP contribution in [0.5, 0.6) is 0 Å². The van der Waals surface area contributed by atoms with Crippen LogP contribution in [0.3, 0.4) is 0 Å². The van der Waals surface area contributed by atoms with E-state index in [1.54, 1.807) is 0 Å². The molecular formula is C12H23N3O3. The Bertz CT molecular complexity index is 284. The van der Waals surface area contributed by atoms with Gasteiger partial charge in [-0.05, 0) is 13.3 Å². The van der Waals surface area contributed by atoms with Gasteiger partial charge in [-0.3, -0.25) is 14.5 Å². The van der Waals surface area contributed by atoms with Crippen molar-refractivity contribution in [3.8, 4) is 0 Å². The first-order valence-corrected chi connectivity index (χ1v) is 6.41. The summed E-state index contributed by atoms with van der Waals surface area (Å²) in [5.74, 6) is -0.214. The number of nitrogens with one attached hydrogen (secondary N) is 2. The number of nitrogens with zero attached hydrogens (tertiary/aromatic N) is 1. The molecule has 0 unspecified atom stereocenters. The van der Waals surface area contributed by atoms with Crippen molar-refractivity contribution in [2.24, 2.45) is 0 Å². The van der Waals surface area contributed by atoms with Gasteiger partial charge in [0.1, 0.15) is 0 Å². The molecule has 1 aliphatic rings. The summed E-state index contributed by atoms with van der Waals surface area (Å²) in [4.78, 5) is 24.6. The summed E-state index contributed by atoms with van der Waals surface area (Å²) >= 11 is 0. The van der Waals surface area contributed by atoms with Crippen molar-refractivity contribution in [3.63, 3.8) is 0 Å². The van der Waals surface area contributed by atoms with Crippen LogP contribution in [0.15, 0.2) is 0 Å². The van der Waals surface area contributed by atoms with E-state index in [9.17, 15) is 9.59 Å². The number of esters is 1. The fourth-order valence-electron chi connectivity index (χ4n) is 1.98. The SMILES string of the molecule is COC(=O)CCCNC(=O)CN1CCN[C@@H](C)C1. The monoisotopic (exact) mass is 257 g/mol. The van der Waals surface area contributed by atoms with Crippen molar-refractivity contribution < 1.29 is 14.3 Å². The molecule has 1 saturated heterocycles. The molecular weight excluding hydrogens is 234 g/mol. The molecule has 0 aromatic carbocycles. The molecule has 1 fully saturated rings. The Morgan fingerprint density at radius 1 is 1.50 bits per heavy atom. The molecule has 0 radical (unpaired) electrons. The van der Waals surface area contributed by atoms with Crippen LogP contribution < -0.4 is 10.6 Å². The molecule has 0 aliphatic carbocycles. The quantitative estimate of drug-likeness (QED) is 0.489. The summed E-state index contributed by atoms with van der Waals surface area (Å²) in [6.07, 6.45) is 0.970. The third-order valence-electron chi connectivity index (χ3n) is 2.93. The zero-order valence-corrected chi connectivity index (χ0v) is 11.2. The molecule has 104 valence electrons. The zero-order chi connectivity index (χ0) is 13.4. The number of methoxy groups -OCH3 is 1. The molecule has 2 N–H and O–H groups in total. The van der Waals surface area contributed by atoms with Crippen molar-refractivity contribution in [2.45, 2.75) is 25.8 Å². The molecule has 1 aliphatic heterocycles. The number of ether oxygens (including phenoxy) is 1. The number of piperazine rings is 1. The number of hydrogen-bond donors (Lipinski definition) is 2. The van der Waals surface area contributed by atoms with Crippen LogP contribution in [0, 0.1) is 0 Å². The molecule has 0 bridgehead atoms. The highest BCUT2D eigenvalue weighted by atomic mass is 16.5. The number of carbonyl (C=O) groups excluding carboxylic acids is 2. The van der Waals surface area contributed by atoms with Gasteiger partial charge in [-0.2, -0.15) is 0 Å². The van der Waals surface area contributed by atoms with Gasteiger partial charge in [-0.15, -0.1) is 0 Å². The normalized spacial score (nSPS) is 20.4. The third kappa shape index (κ3) is 5.97. The Morgan fingerprint density at radius 2 is 2.28 bits per heavy atom. The van der Waals surface area contributed by atoms with E-state index in [2.05, 4.69) is 27.2 Å². The predicted molar refractivity (Wildman–Crippen MR) is 68.2 cm³/mol. The maximum absolute atomic E-state index is 11.6. The third-order valence-corrected chi connectivity index (χ3v) is 2.93. The van der Waals surface area contributed by atoms with Gasteiger partial charge in [0.05, 0.1) is 13.7 Å². The van der Waals surface area contributed by atoms with E-state index in [0.717, 1.165) is 19.6 Å². The molecule has 0 aromatic rings.